The standard InChI is InChI=1S/C11H10F5NOS2/c12-6(9(13)14)3-4-20(18)11-17-7(5-1-2-5)8(19-11)10(15)16/h5,10H,1-4H2. The zero-order chi connectivity index (χ0) is 14.9. The summed E-state index contributed by atoms with van der Waals surface area (Å²) in [6.07, 6.45) is -4.32. The number of rotatable bonds is 6. The largest absolute Gasteiger partial charge is 0.610 e. The van der Waals surface area contributed by atoms with E-state index in [4.69, 9.17) is 0 Å². The van der Waals surface area contributed by atoms with Gasteiger partial charge in [-0.3, -0.25) is 0 Å². The second-order valence-electron chi connectivity index (χ2n) is 4.27. The average molecular weight is 331 g/mol. The van der Waals surface area contributed by atoms with Gasteiger partial charge in [0, 0.05) is 17.1 Å². The highest BCUT2D eigenvalue weighted by Crippen LogP contribution is 2.46. The zero-order valence-corrected chi connectivity index (χ0v) is 11.7. The van der Waals surface area contributed by atoms with Crippen molar-refractivity contribution in [1.29, 1.82) is 0 Å². The molecule has 0 radical (unpaired) electrons. The van der Waals surface area contributed by atoms with E-state index in [1.165, 1.54) is 0 Å². The fraction of sp³-hybridized carbons (Fsp3) is 0.545. The van der Waals surface area contributed by atoms with Crippen molar-refractivity contribution < 1.29 is 26.5 Å². The molecule has 2 rings (SSSR count). The molecule has 0 aliphatic heterocycles. The van der Waals surface area contributed by atoms with Crippen LogP contribution in [0.15, 0.2) is 16.2 Å². The molecule has 1 aliphatic carbocycles. The van der Waals surface area contributed by atoms with E-state index in [0.717, 1.165) is 12.8 Å². The summed E-state index contributed by atoms with van der Waals surface area (Å²) >= 11 is -1.23. The van der Waals surface area contributed by atoms with Gasteiger partial charge in [-0.2, -0.15) is 13.8 Å². The lowest BCUT2D eigenvalue weighted by molar-refractivity contribution is 0.154. The van der Waals surface area contributed by atoms with Crippen LogP contribution in [0.25, 0.3) is 0 Å². The minimum absolute atomic E-state index is 0.0269. The monoisotopic (exact) mass is 331 g/mol. The summed E-state index contributed by atoms with van der Waals surface area (Å²) in [5.41, 5.74) is 0.251. The van der Waals surface area contributed by atoms with Crippen molar-refractivity contribution in [2.24, 2.45) is 0 Å². The lowest BCUT2D eigenvalue weighted by Crippen LogP contribution is -2.07. The quantitative estimate of drug-likeness (QED) is 0.567. The minimum Gasteiger partial charge on any atom is -0.610 e. The molecular formula is C11H10F5NOS2. The predicted octanol–water partition coefficient (Wildman–Crippen LogP) is 4.53. The molecule has 9 heteroatoms. The van der Waals surface area contributed by atoms with Gasteiger partial charge in [-0.1, -0.05) is 11.3 Å². The third kappa shape index (κ3) is 3.70. The maximum Gasteiger partial charge on any atom is 0.302 e. The summed E-state index contributed by atoms with van der Waals surface area (Å²) in [4.78, 5) is 3.71. The highest BCUT2D eigenvalue weighted by molar-refractivity contribution is 7.93. The van der Waals surface area contributed by atoms with Gasteiger partial charge in [0.15, 0.2) is 5.83 Å². The lowest BCUT2D eigenvalue weighted by Gasteiger charge is -2.05. The van der Waals surface area contributed by atoms with Crippen molar-refractivity contribution in [2.45, 2.75) is 35.9 Å². The number of alkyl halides is 2. The molecule has 0 spiro atoms. The van der Waals surface area contributed by atoms with Crippen LogP contribution in [0.5, 0.6) is 0 Å². The number of allylic oxidation sites excluding steroid dienone is 1. The molecule has 1 atom stereocenters. The first-order chi connectivity index (χ1) is 9.40. The number of nitrogens with zero attached hydrogens (tertiary/aromatic N) is 1. The molecule has 1 aromatic heterocycles. The molecule has 112 valence electrons. The molecule has 0 N–H and O–H groups in total. The van der Waals surface area contributed by atoms with E-state index < -0.39 is 41.7 Å². The molecular weight excluding hydrogens is 321 g/mol. The molecule has 2 nitrogen and oxygen atoms in total. The van der Waals surface area contributed by atoms with E-state index in [9.17, 15) is 26.5 Å². The highest BCUT2D eigenvalue weighted by Gasteiger charge is 2.35. The van der Waals surface area contributed by atoms with Crippen LogP contribution in [0.4, 0.5) is 22.0 Å². The summed E-state index contributed by atoms with van der Waals surface area (Å²) in [5, 5.41) is 0. The smallest absolute Gasteiger partial charge is 0.302 e. The van der Waals surface area contributed by atoms with Gasteiger partial charge in [0.2, 0.25) is 0 Å². The van der Waals surface area contributed by atoms with E-state index in [2.05, 4.69) is 4.98 Å². The SMILES string of the molecule is [O-][S+](CCC(F)=C(F)F)c1nc(C2CC2)c(C(F)F)s1. The molecule has 1 unspecified atom stereocenters. The Morgan fingerprint density at radius 2 is 2.00 bits per heavy atom. The van der Waals surface area contributed by atoms with Crippen LogP contribution in [0.3, 0.4) is 0 Å². The third-order valence-corrected chi connectivity index (χ3v) is 5.47. The first-order valence-corrected chi connectivity index (χ1v) is 7.90. The van der Waals surface area contributed by atoms with Crippen LogP contribution < -0.4 is 0 Å². The highest BCUT2D eigenvalue weighted by atomic mass is 32.2. The van der Waals surface area contributed by atoms with Crippen molar-refractivity contribution in [3.8, 4) is 0 Å². The summed E-state index contributed by atoms with van der Waals surface area (Å²) in [5.74, 6) is -2.06. The Morgan fingerprint density at radius 3 is 2.50 bits per heavy atom. The molecule has 1 aromatic rings. The number of hydrogen-bond donors (Lipinski definition) is 0. The van der Waals surface area contributed by atoms with Gasteiger partial charge in [-0.05, 0) is 12.8 Å². The van der Waals surface area contributed by atoms with E-state index in [1.54, 1.807) is 0 Å². The lowest BCUT2D eigenvalue weighted by atomic mass is 10.2. The van der Waals surface area contributed by atoms with Crippen LogP contribution >= 0.6 is 11.3 Å². The molecule has 0 bridgehead atoms. The summed E-state index contributed by atoms with van der Waals surface area (Å²) < 4.78 is 73.7. The van der Waals surface area contributed by atoms with Gasteiger partial charge in [-0.15, -0.1) is 0 Å². The maximum atomic E-state index is 12.8. The van der Waals surface area contributed by atoms with Gasteiger partial charge in [0.05, 0.1) is 17.0 Å². The normalized spacial score (nSPS) is 16.6. The Hall–Kier alpha value is -0.670. The fourth-order valence-corrected chi connectivity index (χ4v) is 3.96. The van der Waals surface area contributed by atoms with E-state index >= 15 is 0 Å². The number of aromatic nitrogens is 1. The first-order valence-electron chi connectivity index (χ1n) is 5.77. The van der Waals surface area contributed by atoms with Crippen LogP contribution in [0.2, 0.25) is 0 Å². The molecule has 1 saturated carbocycles. The molecule has 0 saturated heterocycles. The van der Waals surface area contributed by atoms with E-state index in [1.807, 2.05) is 0 Å². The topological polar surface area (TPSA) is 36.0 Å². The Balaban J connectivity index is 2.08. The summed E-state index contributed by atoms with van der Waals surface area (Å²) in [6.45, 7) is 0. The molecule has 0 amide bonds. The minimum atomic E-state index is -2.70. The van der Waals surface area contributed by atoms with Gasteiger partial charge in [0.25, 0.3) is 6.43 Å². The Bertz CT molecular complexity index is 491. The van der Waals surface area contributed by atoms with Crippen molar-refractivity contribution in [3.05, 3.63) is 22.5 Å². The Labute approximate surface area is 118 Å². The molecule has 1 heterocycles. The van der Waals surface area contributed by atoms with Crippen molar-refractivity contribution in [1.82, 2.24) is 4.98 Å². The van der Waals surface area contributed by atoms with Gasteiger partial charge >= 0.3 is 10.4 Å². The van der Waals surface area contributed by atoms with E-state index in [-0.39, 0.29) is 20.8 Å². The molecule has 1 fully saturated rings. The Morgan fingerprint density at radius 1 is 1.35 bits per heavy atom. The van der Waals surface area contributed by atoms with E-state index in [0.29, 0.717) is 11.3 Å². The van der Waals surface area contributed by atoms with Crippen LogP contribution in [0.1, 0.15) is 42.2 Å². The van der Waals surface area contributed by atoms with Gasteiger partial charge in [0.1, 0.15) is 5.75 Å². The fourth-order valence-electron chi connectivity index (χ4n) is 1.59. The second-order valence-corrected chi connectivity index (χ2v) is 7.04. The molecule has 0 aromatic carbocycles. The van der Waals surface area contributed by atoms with Crippen molar-refractivity contribution >= 4 is 22.5 Å². The van der Waals surface area contributed by atoms with Crippen LogP contribution in [-0.4, -0.2) is 15.3 Å². The number of halogens is 5. The van der Waals surface area contributed by atoms with Gasteiger partial charge < -0.3 is 4.55 Å². The van der Waals surface area contributed by atoms with Crippen LogP contribution in [0, 0.1) is 0 Å². The molecule has 1 aliphatic rings. The second kappa shape index (κ2) is 6.40. The zero-order valence-electron chi connectivity index (χ0n) is 10.0. The van der Waals surface area contributed by atoms with Gasteiger partial charge in [-0.25, -0.2) is 13.2 Å². The number of thiazole rings is 1. The maximum absolute atomic E-state index is 12.8. The van der Waals surface area contributed by atoms with Crippen molar-refractivity contribution in [2.75, 3.05) is 5.75 Å². The summed E-state index contributed by atoms with van der Waals surface area (Å²) in [6, 6.07) is 0. The molecule has 20 heavy (non-hydrogen) atoms. The van der Waals surface area contributed by atoms with Crippen molar-refractivity contribution in [3.63, 3.8) is 0 Å². The predicted molar refractivity (Wildman–Crippen MR) is 65.3 cm³/mol. The average Bonchev–Trinajstić information content (AvgIpc) is 3.13. The third-order valence-electron chi connectivity index (χ3n) is 2.73. The van der Waals surface area contributed by atoms with Crippen LogP contribution in [-0.2, 0) is 11.2 Å². The summed E-state index contributed by atoms with van der Waals surface area (Å²) in [7, 11) is 0. The Kier molecular flexibility index (Phi) is 5.03. The first kappa shape index (κ1) is 15.7. The number of hydrogen-bond acceptors (Lipinski definition) is 3.